The molecule has 27 heavy (non-hydrogen) atoms. The van der Waals surface area contributed by atoms with Crippen molar-refractivity contribution >= 4 is 27.1 Å². The molecule has 1 amide bonds. The minimum atomic E-state index is -2.85. The van der Waals surface area contributed by atoms with E-state index in [1.165, 1.54) is 11.3 Å². The first kappa shape index (κ1) is 18.6. The summed E-state index contributed by atoms with van der Waals surface area (Å²) in [4.78, 5) is 20.1. The molecule has 2 aliphatic rings. The lowest BCUT2D eigenvalue weighted by molar-refractivity contribution is 0.0901. The predicted molar refractivity (Wildman–Crippen MR) is 105 cm³/mol. The highest BCUT2D eigenvalue weighted by Gasteiger charge is 2.34. The molecule has 2 aliphatic heterocycles. The van der Waals surface area contributed by atoms with Gasteiger partial charge in [0, 0.05) is 37.6 Å². The van der Waals surface area contributed by atoms with Gasteiger partial charge in [0.2, 0.25) is 0 Å². The number of carbonyl (C=O) groups is 1. The Labute approximate surface area is 163 Å². The van der Waals surface area contributed by atoms with Gasteiger partial charge in [0.1, 0.15) is 4.88 Å². The Bertz CT molecular complexity index is 913. The first-order chi connectivity index (χ1) is 12.9. The van der Waals surface area contributed by atoms with Crippen LogP contribution in [-0.2, 0) is 9.84 Å². The Kier molecular flexibility index (Phi) is 5.09. The van der Waals surface area contributed by atoms with Crippen molar-refractivity contribution in [3.05, 3.63) is 35.1 Å². The Morgan fingerprint density at radius 1 is 1.22 bits per heavy atom. The predicted octanol–water partition coefficient (Wildman–Crippen LogP) is 1.62. The molecule has 4 rings (SSSR count). The minimum Gasteiger partial charge on any atom is -0.348 e. The van der Waals surface area contributed by atoms with E-state index in [1.54, 1.807) is 0 Å². The number of likely N-dealkylation sites (tertiary alicyclic amines) is 1. The van der Waals surface area contributed by atoms with E-state index >= 15 is 0 Å². The standard InChI is InChI=1S/C18H24N4O3S2/c1-13-16(26-18(19-13)22-7-2-3-8-22)17(23)20-14-4-9-21(10-5-14)15-6-11-27(24,25)12-15/h2-3,7-8,14-15H,4-6,9-12H2,1H3,(H,20,23)/t15-/m0/s1. The molecule has 0 saturated carbocycles. The Hall–Kier alpha value is -1.71. The Balaban J connectivity index is 1.34. The summed E-state index contributed by atoms with van der Waals surface area (Å²) in [7, 11) is -2.85. The summed E-state index contributed by atoms with van der Waals surface area (Å²) in [6.07, 6.45) is 6.27. The van der Waals surface area contributed by atoms with Crippen LogP contribution >= 0.6 is 11.3 Å². The molecule has 2 aromatic rings. The second kappa shape index (κ2) is 7.37. The van der Waals surface area contributed by atoms with Crippen molar-refractivity contribution in [2.75, 3.05) is 24.6 Å². The van der Waals surface area contributed by atoms with Crippen molar-refractivity contribution in [1.82, 2.24) is 19.8 Å². The molecule has 7 nitrogen and oxygen atoms in total. The highest BCUT2D eigenvalue weighted by molar-refractivity contribution is 7.91. The van der Waals surface area contributed by atoms with Crippen LogP contribution in [0.15, 0.2) is 24.5 Å². The molecular weight excluding hydrogens is 384 g/mol. The molecule has 0 bridgehead atoms. The van der Waals surface area contributed by atoms with Crippen LogP contribution in [0.5, 0.6) is 0 Å². The molecule has 0 spiro atoms. The largest absolute Gasteiger partial charge is 0.348 e. The molecular formula is C18H24N4O3S2. The quantitative estimate of drug-likeness (QED) is 0.831. The van der Waals surface area contributed by atoms with E-state index in [-0.39, 0.29) is 23.7 Å². The van der Waals surface area contributed by atoms with E-state index in [0.29, 0.717) is 10.6 Å². The maximum Gasteiger partial charge on any atom is 0.263 e. The molecule has 9 heteroatoms. The van der Waals surface area contributed by atoms with Crippen molar-refractivity contribution in [2.45, 2.75) is 38.3 Å². The number of sulfone groups is 1. The number of aromatic nitrogens is 2. The topological polar surface area (TPSA) is 84.3 Å². The second-order valence-corrected chi connectivity index (χ2v) is 10.5. The monoisotopic (exact) mass is 408 g/mol. The van der Waals surface area contributed by atoms with Crippen LogP contribution < -0.4 is 5.32 Å². The first-order valence-electron chi connectivity index (χ1n) is 9.27. The van der Waals surface area contributed by atoms with Gasteiger partial charge < -0.3 is 9.88 Å². The van der Waals surface area contributed by atoms with Gasteiger partial charge in [-0.1, -0.05) is 11.3 Å². The minimum absolute atomic E-state index is 0.0645. The van der Waals surface area contributed by atoms with Crippen LogP contribution in [0.1, 0.15) is 34.6 Å². The van der Waals surface area contributed by atoms with Crippen molar-refractivity contribution < 1.29 is 13.2 Å². The summed E-state index contributed by atoms with van der Waals surface area (Å²) in [6, 6.07) is 4.14. The SMILES string of the molecule is Cc1nc(-n2cccc2)sc1C(=O)NC1CCN([C@H]2CCS(=O)(=O)C2)CC1. The van der Waals surface area contributed by atoms with Gasteiger partial charge in [-0.25, -0.2) is 13.4 Å². The molecule has 0 aliphatic carbocycles. The van der Waals surface area contributed by atoms with Crippen LogP contribution in [0.4, 0.5) is 0 Å². The summed E-state index contributed by atoms with van der Waals surface area (Å²) >= 11 is 1.40. The zero-order valence-corrected chi connectivity index (χ0v) is 16.9. The van der Waals surface area contributed by atoms with Gasteiger partial charge >= 0.3 is 0 Å². The molecule has 1 atom stereocenters. The zero-order chi connectivity index (χ0) is 19.0. The van der Waals surface area contributed by atoms with Gasteiger partial charge in [-0.3, -0.25) is 9.69 Å². The molecule has 2 aromatic heterocycles. The lowest BCUT2D eigenvalue weighted by atomic mass is 10.0. The number of hydrogen-bond donors (Lipinski definition) is 1. The number of aryl methyl sites for hydroxylation is 1. The lowest BCUT2D eigenvalue weighted by Gasteiger charge is -2.35. The number of nitrogens with zero attached hydrogens (tertiary/aromatic N) is 3. The van der Waals surface area contributed by atoms with Crippen molar-refractivity contribution in [2.24, 2.45) is 0 Å². The number of thiazole rings is 1. The molecule has 0 radical (unpaired) electrons. The van der Waals surface area contributed by atoms with E-state index in [0.717, 1.165) is 43.2 Å². The van der Waals surface area contributed by atoms with Crippen molar-refractivity contribution in [3.63, 3.8) is 0 Å². The van der Waals surface area contributed by atoms with Gasteiger partial charge in [-0.15, -0.1) is 0 Å². The summed E-state index contributed by atoms with van der Waals surface area (Å²) < 4.78 is 25.3. The smallest absolute Gasteiger partial charge is 0.263 e. The number of hydrogen-bond acceptors (Lipinski definition) is 6. The number of amides is 1. The van der Waals surface area contributed by atoms with Crippen LogP contribution in [0.3, 0.4) is 0 Å². The third-order valence-electron chi connectivity index (χ3n) is 5.41. The average molecular weight is 409 g/mol. The van der Waals surface area contributed by atoms with E-state index in [4.69, 9.17) is 0 Å². The van der Waals surface area contributed by atoms with E-state index in [9.17, 15) is 13.2 Å². The Morgan fingerprint density at radius 2 is 1.93 bits per heavy atom. The fourth-order valence-electron chi connectivity index (χ4n) is 3.89. The molecule has 146 valence electrons. The van der Waals surface area contributed by atoms with Gasteiger partial charge in [-0.2, -0.15) is 0 Å². The van der Waals surface area contributed by atoms with Gasteiger partial charge in [-0.05, 0) is 38.3 Å². The van der Waals surface area contributed by atoms with Crippen LogP contribution in [0.25, 0.3) is 5.13 Å². The first-order valence-corrected chi connectivity index (χ1v) is 11.9. The highest BCUT2D eigenvalue weighted by atomic mass is 32.2. The van der Waals surface area contributed by atoms with Gasteiger partial charge in [0.15, 0.2) is 15.0 Å². The summed E-state index contributed by atoms with van der Waals surface area (Å²) in [6.45, 7) is 3.53. The van der Waals surface area contributed by atoms with E-state index in [1.807, 2.05) is 36.0 Å². The summed E-state index contributed by atoms with van der Waals surface area (Å²) in [5.41, 5.74) is 0.745. The van der Waals surface area contributed by atoms with Gasteiger partial charge in [0.25, 0.3) is 5.91 Å². The summed E-state index contributed by atoms with van der Waals surface area (Å²) in [5, 5.41) is 3.93. The van der Waals surface area contributed by atoms with Gasteiger partial charge in [0.05, 0.1) is 17.2 Å². The van der Waals surface area contributed by atoms with Crippen molar-refractivity contribution in [3.8, 4) is 5.13 Å². The number of nitrogens with one attached hydrogen (secondary N) is 1. The number of rotatable bonds is 4. The fourth-order valence-corrected chi connectivity index (χ4v) is 6.59. The average Bonchev–Trinajstić information content (AvgIpc) is 3.35. The molecule has 2 fully saturated rings. The lowest BCUT2D eigenvalue weighted by Crippen LogP contribution is -2.48. The molecule has 0 aromatic carbocycles. The number of piperidine rings is 1. The van der Waals surface area contributed by atoms with Crippen LogP contribution in [-0.4, -0.2) is 65.5 Å². The Morgan fingerprint density at radius 3 is 2.56 bits per heavy atom. The highest BCUT2D eigenvalue weighted by Crippen LogP contribution is 2.24. The maximum atomic E-state index is 12.7. The third kappa shape index (κ3) is 4.09. The molecule has 0 unspecified atom stereocenters. The van der Waals surface area contributed by atoms with Crippen LogP contribution in [0, 0.1) is 6.92 Å². The van der Waals surface area contributed by atoms with E-state index in [2.05, 4.69) is 15.2 Å². The zero-order valence-electron chi connectivity index (χ0n) is 15.3. The third-order valence-corrected chi connectivity index (χ3v) is 8.33. The maximum absolute atomic E-state index is 12.7. The van der Waals surface area contributed by atoms with Crippen molar-refractivity contribution in [1.29, 1.82) is 0 Å². The normalized spacial score (nSPS) is 23.5. The van der Waals surface area contributed by atoms with Crippen LogP contribution in [0.2, 0.25) is 0 Å². The number of carbonyl (C=O) groups excluding carboxylic acids is 1. The van der Waals surface area contributed by atoms with E-state index < -0.39 is 9.84 Å². The molecule has 2 saturated heterocycles. The summed E-state index contributed by atoms with van der Waals surface area (Å²) in [5.74, 6) is 0.528. The molecule has 1 N–H and O–H groups in total. The second-order valence-electron chi connectivity index (χ2n) is 7.34. The molecule has 4 heterocycles. The fraction of sp³-hybridized carbons (Fsp3) is 0.556.